The summed E-state index contributed by atoms with van der Waals surface area (Å²) in [5.41, 5.74) is 1.50. The minimum absolute atomic E-state index is 0.0363. The summed E-state index contributed by atoms with van der Waals surface area (Å²) < 4.78 is 0. The van der Waals surface area contributed by atoms with E-state index in [1.165, 1.54) is 0 Å². The van der Waals surface area contributed by atoms with E-state index in [-0.39, 0.29) is 5.92 Å². The van der Waals surface area contributed by atoms with Crippen LogP contribution in [0.5, 0.6) is 0 Å². The van der Waals surface area contributed by atoms with E-state index in [2.05, 4.69) is 11.4 Å². The fourth-order valence-corrected chi connectivity index (χ4v) is 2.13. The van der Waals surface area contributed by atoms with Gasteiger partial charge in [-0.25, -0.2) is 0 Å². The minimum Gasteiger partial charge on any atom is -0.481 e. The highest BCUT2D eigenvalue weighted by atomic mass is 16.4. The Labute approximate surface area is 93.5 Å². The molecule has 0 aliphatic carbocycles. The third-order valence-corrected chi connectivity index (χ3v) is 2.98. The molecule has 1 aliphatic heterocycles. The SMILES string of the molecule is N#Cc1cccc([C@H]2CNC[C@@H]2C(=O)O)c1. The number of nitriles is 1. The molecular weight excluding hydrogens is 204 g/mol. The van der Waals surface area contributed by atoms with Crippen LogP contribution in [0.2, 0.25) is 0 Å². The van der Waals surface area contributed by atoms with E-state index in [1.807, 2.05) is 6.07 Å². The van der Waals surface area contributed by atoms with Crippen molar-refractivity contribution in [3.63, 3.8) is 0 Å². The van der Waals surface area contributed by atoms with Crippen LogP contribution in [0.3, 0.4) is 0 Å². The lowest BCUT2D eigenvalue weighted by Crippen LogP contribution is -2.21. The van der Waals surface area contributed by atoms with Gasteiger partial charge in [0.25, 0.3) is 0 Å². The van der Waals surface area contributed by atoms with E-state index in [0.29, 0.717) is 18.7 Å². The Morgan fingerprint density at radius 2 is 2.31 bits per heavy atom. The van der Waals surface area contributed by atoms with Gasteiger partial charge in [0.1, 0.15) is 0 Å². The summed E-state index contributed by atoms with van der Waals surface area (Å²) in [6.07, 6.45) is 0. The Hall–Kier alpha value is -1.86. The molecule has 1 saturated heterocycles. The number of benzene rings is 1. The Balaban J connectivity index is 2.29. The fourth-order valence-electron chi connectivity index (χ4n) is 2.13. The van der Waals surface area contributed by atoms with E-state index < -0.39 is 11.9 Å². The standard InChI is InChI=1S/C12H12N2O2/c13-5-8-2-1-3-9(4-8)10-6-14-7-11(10)12(15)16/h1-4,10-11,14H,6-7H2,(H,15,16)/t10-,11+/m1/s1. The van der Waals surface area contributed by atoms with Crippen molar-refractivity contribution in [2.24, 2.45) is 5.92 Å². The molecule has 0 bridgehead atoms. The number of carboxylic acids is 1. The average Bonchev–Trinajstić information content (AvgIpc) is 2.78. The number of nitrogens with one attached hydrogen (secondary N) is 1. The van der Waals surface area contributed by atoms with Crippen LogP contribution in [-0.4, -0.2) is 24.2 Å². The highest BCUT2D eigenvalue weighted by Gasteiger charge is 2.33. The van der Waals surface area contributed by atoms with Gasteiger partial charge in [0.05, 0.1) is 17.6 Å². The number of carbonyl (C=O) groups is 1. The molecule has 0 amide bonds. The first kappa shape index (κ1) is 10.7. The molecule has 4 nitrogen and oxygen atoms in total. The van der Waals surface area contributed by atoms with Gasteiger partial charge in [0, 0.05) is 19.0 Å². The van der Waals surface area contributed by atoms with Crippen LogP contribution in [0.15, 0.2) is 24.3 Å². The van der Waals surface area contributed by atoms with Gasteiger partial charge in [0.2, 0.25) is 0 Å². The van der Waals surface area contributed by atoms with Crippen molar-refractivity contribution in [2.75, 3.05) is 13.1 Å². The number of carboxylic acid groups (broad SMARTS) is 1. The molecule has 0 unspecified atom stereocenters. The molecule has 0 saturated carbocycles. The number of hydrogen-bond acceptors (Lipinski definition) is 3. The summed E-state index contributed by atoms with van der Waals surface area (Å²) in [7, 11) is 0. The van der Waals surface area contributed by atoms with E-state index in [4.69, 9.17) is 10.4 Å². The topological polar surface area (TPSA) is 73.1 Å². The van der Waals surface area contributed by atoms with Crippen LogP contribution in [-0.2, 0) is 4.79 Å². The average molecular weight is 216 g/mol. The third kappa shape index (κ3) is 1.90. The molecule has 16 heavy (non-hydrogen) atoms. The summed E-state index contributed by atoms with van der Waals surface area (Å²) in [6, 6.07) is 9.24. The van der Waals surface area contributed by atoms with Crippen molar-refractivity contribution in [3.8, 4) is 6.07 Å². The lowest BCUT2D eigenvalue weighted by Gasteiger charge is -2.14. The van der Waals surface area contributed by atoms with Crippen LogP contribution in [0, 0.1) is 17.2 Å². The molecule has 1 heterocycles. The normalized spacial score (nSPS) is 23.9. The molecular formula is C12H12N2O2. The molecule has 0 aromatic heterocycles. The number of aliphatic carboxylic acids is 1. The van der Waals surface area contributed by atoms with Crippen molar-refractivity contribution < 1.29 is 9.90 Å². The van der Waals surface area contributed by atoms with Gasteiger partial charge in [-0.3, -0.25) is 4.79 Å². The van der Waals surface area contributed by atoms with Gasteiger partial charge < -0.3 is 10.4 Å². The predicted octanol–water partition coefficient (Wildman–Crippen LogP) is 0.946. The molecule has 0 spiro atoms. The predicted molar refractivity (Wildman–Crippen MR) is 57.9 cm³/mol. The molecule has 82 valence electrons. The summed E-state index contributed by atoms with van der Waals surface area (Å²) in [4.78, 5) is 11.0. The van der Waals surface area contributed by atoms with Crippen molar-refractivity contribution in [2.45, 2.75) is 5.92 Å². The largest absolute Gasteiger partial charge is 0.481 e. The fraction of sp³-hybridized carbons (Fsp3) is 0.333. The van der Waals surface area contributed by atoms with Crippen molar-refractivity contribution in [1.82, 2.24) is 5.32 Å². The Morgan fingerprint density at radius 1 is 1.50 bits per heavy atom. The second-order valence-electron chi connectivity index (χ2n) is 3.95. The van der Waals surface area contributed by atoms with Crippen molar-refractivity contribution >= 4 is 5.97 Å². The molecule has 2 rings (SSSR count). The molecule has 1 aromatic rings. The highest BCUT2D eigenvalue weighted by molar-refractivity contribution is 5.72. The smallest absolute Gasteiger partial charge is 0.308 e. The maximum absolute atomic E-state index is 11.0. The monoisotopic (exact) mass is 216 g/mol. The Bertz CT molecular complexity index is 451. The first-order chi connectivity index (χ1) is 7.72. The van der Waals surface area contributed by atoms with Gasteiger partial charge >= 0.3 is 5.97 Å². The molecule has 2 N–H and O–H groups in total. The zero-order valence-corrected chi connectivity index (χ0v) is 8.68. The Morgan fingerprint density at radius 3 is 3.00 bits per heavy atom. The molecule has 1 aromatic carbocycles. The van der Waals surface area contributed by atoms with Crippen LogP contribution in [0.25, 0.3) is 0 Å². The lowest BCUT2D eigenvalue weighted by atomic mass is 9.88. The molecule has 4 heteroatoms. The molecule has 1 fully saturated rings. The maximum atomic E-state index is 11.0. The molecule has 2 atom stereocenters. The second kappa shape index (κ2) is 4.33. The summed E-state index contributed by atoms with van der Waals surface area (Å²) >= 11 is 0. The summed E-state index contributed by atoms with van der Waals surface area (Å²) in [6.45, 7) is 1.16. The molecule has 0 radical (unpaired) electrons. The van der Waals surface area contributed by atoms with Gasteiger partial charge in [0.15, 0.2) is 0 Å². The van der Waals surface area contributed by atoms with Gasteiger partial charge in [-0.2, -0.15) is 5.26 Å². The van der Waals surface area contributed by atoms with Crippen LogP contribution < -0.4 is 5.32 Å². The zero-order valence-electron chi connectivity index (χ0n) is 8.68. The lowest BCUT2D eigenvalue weighted by molar-refractivity contribution is -0.141. The maximum Gasteiger partial charge on any atom is 0.308 e. The first-order valence-corrected chi connectivity index (χ1v) is 5.16. The number of rotatable bonds is 2. The summed E-state index contributed by atoms with van der Waals surface area (Å²) in [5.74, 6) is -1.21. The van der Waals surface area contributed by atoms with Gasteiger partial charge in [-0.1, -0.05) is 12.1 Å². The molecule has 1 aliphatic rings. The van der Waals surface area contributed by atoms with E-state index in [0.717, 1.165) is 5.56 Å². The highest BCUT2D eigenvalue weighted by Crippen LogP contribution is 2.28. The first-order valence-electron chi connectivity index (χ1n) is 5.16. The van der Waals surface area contributed by atoms with Crippen LogP contribution >= 0.6 is 0 Å². The second-order valence-corrected chi connectivity index (χ2v) is 3.95. The Kier molecular flexibility index (Phi) is 2.88. The zero-order chi connectivity index (χ0) is 11.5. The van der Waals surface area contributed by atoms with Crippen molar-refractivity contribution in [1.29, 1.82) is 5.26 Å². The minimum atomic E-state index is -0.780. The number of nitrogens with zero attached hydrogens (tertiary/aromatic N) is 1. The van der Waals surface area contributed by atoms with E-state index in [9.17, 15) is 4.79 Å². The van der Waals surface area contributed by atoms with E-state index in [1.54, 1.807) is 18.2 Å². The van der Waals surface area contributed by atoms with Crippen molar-refractivity contribution in [3.05, 3.63) is 35.4 Å². The summed E-state index contributed by atoms with van der Waals surface area (Å²) in [5, 5.41) is 20.9. The number of hydrogen-bond donors (Lipinski definition) is 2. The van der Waals surface area contributed by atoms with Crippen LogP contribution in [0.1, 0.15) is 17.0 Å². The van der Waals surface area contributed by atoms with Gasteiger partial charge in [-0.15, -0.1) is 0 Å². The third-order valence-electron chi connectivity index (χ3n) is 2.98. The van der Waals surface area contributed by atoms with E-state index >= 15 is 0 Å². The van der Waals surface area contributed by atoms with Crippen LogP contribution in [0.4, 0.5) is 0 Å². The quantitative estimate of drug-likeness (QED) is 0.771. The van der Waals surface area contributed by atoms with Gasteiger partial charge in [-0.05, 0) is 17.7 Å².